The molecule has 0 radical (unpaired) electrons. The van der Waals surface area contributed by atoms with Gasteiger partial charge in [0.15, 0.2) is 0 Å². The number of nitrogens with two attached hydrogens (primary N) is 2. The second-order valence-corrected chi connectivity index (χ2v) is 2.57. The van der Waals surface area contributed by atoms with E-state index in [-0.39, 0.29) is 5.95 Å². The Morgan fingerprint density at radius 3 is 2.92 bits per heavy atom. The minimum atomic E-state index is -0.478. The van der Waals surface area contributed by atoms with Crippen LogP contribution in [0.25, 0.3) is 0 Å². The molecule has 1 aromatic rings. The summed E-state index contributed by atoms with van der Waals surface area (Å²) < 4.78 is 0. The molecule has 1 aromatic heterocycles. The molecule has 0 aliphatic carbocycles. The molecule has 0 aliphatic heterocycles. The average Bonchev–Trinajstić information content (AvgIpc) is 2.04. The minimum Gasteiger partial charge on any atom is -0.368 e. The zero-order valence-corrected chi connectivity index (χ0v) is 7.19. The van der Waals surface area contributed by atoms with Crippen molar-refractivity contribution in [3.8, 4) is 0 Å². The lowest BCUT2D eigenvalue weighted by atomic mass is 10.3. The minimum absolute atomic E-state index is 0.154. The maximum Gasteiger partial charge on any atom is 0.239 e. The number of nitrogens with zero attached hydrogens (tertiary/aromatic N) is 2. The SMILES string of the molecule is CC(Nc1ccnc(N)n1)C(N)=O. The summed E-state index contributed by atoms with van der Waals surface area (Å²) in [7, 11) is 0. The highest BCUT2D eigenvalue weighted by atomic mass is 16.1. The molecule has 13 heavy (non-hydrogen) atoms. The van der Waals surface area contributed by atoms with Crippen LogP contribution in [0.1, 0.15) is 6.92 Å². The van der Waals surface area contributed by atoms with E-state index in [4.69, 9.17) is 11.5 Å². The van der Waals surface area contributed by atoms with Gasteiger partial charge in [0.1, 0.15) is 11.9 Å². The van der Waals surface area contributed by atoms with Gasteiger partial charge in [-0.15, -0.1) is 0 Å². The average molecular weight is 181 g/mol. The van der Waals surface area contributed by atoms with Crippen LogP contribution >= 0.6 is 0 Å². The van der Waals surface area contributed by atoms with Gasteiger partial charge in [0, 0.05) is 6.20 Å². The van der Waals surface area contributed by atoms with Crippen LogP contribution in [0.4, 0.5) is 11.8 Å². The zero-order chi connectivity index (χ0) is 9.84. The lowest BCUT2D eigenvalue weighted by molar-refractivity contribution is -0.118. The van der Waals surface area contributed by atoms with Crippen molar-refractivity contribution in [2.75, 3.05) is 11.1 Å². The van der Waals surface area contributed by atoms with Crippen LogP contribution in [0.3, 0.4) is 0 Å². The number of carbonyl (C=O) groups is 1. The summed E-state index contributed by atoms with van der Waals surface area (Å²) in [5.41, 5.74) is 10.4. The number of carbonyl (C=O) groups excluding carboxylic acids is 1. The van der Waals surface area contributed by atoms with Crippen molar-refractivity contribution in [3.63, 3.8) is 0 Å². The topological polar surface area (TPSA) is 107 Å². The summed E-state index contributed by atoms with van der Waals surface area (Å²) in [5.74, 6) is 0.192. The number of nitrogens with one attached hydrogen (secondary N) is 1. The molecule has 0 aliphatic rings. The Labute approximate surface area is 75.4 Å². The van der Waals surface area contributed by atoms with Gasteiger partial charge in [-0.25, -0.2) is 4.98 Å². The Hall–Kier alpha value is -1.85. The first-order chi connectivity index (χ1) is 6.09. The van der Waals surface area contributed by atoms with E-state index in [9.17, 15) is 4.79 Å². The lowest BCUT2D eigenvalue weighted by Gasteiger charge is -2.09. The predicted molar refractivity (Wildman–Crippen MR) is 48.7 cm³/mol. The van der Waals surface area contributed by atoms with Crippen LogP contribution in [0.5, 0.6) is 0 Å². The molecule has 6 heteroatoms. The predicted octanol–water partition coefficient (Wildman–Crippen LogP) is -0.655. The molecule has 0 fully saturated rings. The Bertz CT molecular complexity index is 314. The summed E-state index contributed by atoms with van der Waals surface area (Å²) in [6.45, 7) is 1.64. The molecule has 0 aromatic carbocycles. The first-order valence-electron chi connectivity index (χ1n) is 3.74. The zero-order valence-electron chi connectivity index (χ0n) is 7.19. The van der Waals surface area contributed by atoms with Crippen molar-refractivity contribution < 1.29 is 4.79 Å². The number of nitrogen functional groups attached to an aromatic ring is 1. The van der Waals surface area contributed by atoms with Gasteiger partial charge < -0.3 is 16.8 Å². The third kappa shape index (κ3) is 2.58. The van der Waals surface area contributed by atoms with Crippen molar-refractivity contribution in [2.24, 2.45) is 5.73 Å². The molecule has 0 saturated carbocycles. The van der Waals surface area contributed by atoms with Crippen LogP contribution in [-0.4, -0.2) is 21.9 Å². The number of rotatable bonds is 3. The van der Waals surface area contributed by atoms with Crippen LogP contribution in [-0.2, 0) is 4.79 Å². The van der Waals surface area contributed by atoms with E-state index < -0.39 is 11.9 Å². The Kier molecular flexibility index (Phi) is 2.63. The van der Waals surface area contributed by atoms with Crippen molar-refractivity contribution in [1.29, 1.82) is 0 Å². The van der Waals surface area contributed by atoms with Gasteiger partial charge in [-0.2, -0.15) is 4.98 Å². The van der Waals surface area contributed by atoms with Crippen molar-refractivity contribution in [3.05, 3.63) is 12.3 Å². The Balaban J connectivity index is 2.69. The number of primary amides is 1. The number of anilines is 2. The van der Waals surface area contributed by atoms with Gasteiger partial charge in [0.2, 0.25) is 11.9 Å². The molecule has 70 valence electrons. The molecule has 6 nitrogen and oxygen atoms in total. The highest BCUT2D eigenvalue weighted by Crippen LogP contribution is 2.03. The number of hydrogen-bond donors (Lipinski definition) is 3. The molecule has 1 unspecified atom stereocenters. The van der Waals surface area contributed by atoms with Crippen molar-refractivity contribution in [2.45, 2.75) is 13.0 Å². The number of aromatic nitrogens is 2. The molecule has 1 amide bonds. The van der Waals surface area contributed by atoms with Gasteiger partial charge >= 0.3 is 0 Å². The van der Waals surface area contributed by atoms with E-state index in [1.807, 2.05) is 0 Å². The molecule has 1 atom stereocenters. The molecule has 1 rings (SSSR count). The van der Waals surface area contributed by atoms with E-state index in [0.717, 1.165) is 0 Å². The van der Waals surface area contributed by atoms with Gasteiger partial charge in [-0.05, 0) is 13.0 Å². The van der Waals surface area contributed by atoms with Crippen molar-refractivity contribution >= 4 is 17.7 Å². The van der Waals surface area contributed by atoms with Gasteiger partial charge in [0.25, 0.3) is 0 Å². The smallest absolute Gasteiger partial charge is 0.239 e. The fourth-order valence-corrected chi connectivity index (χ4v) is 0.747. The molecule has 0 spiro atoms. The van der Waals surface area contributed by atoms with E-state index in [1.165, 1.54) is 6.20 Å². The van der Waals surface area contributed by atoms with Crippen LogP contribution < -0.4 is 16.8 Å². The second kappa shape index (κ2) is 3.70. The van der Waals surface area contributed by atoms with Crippen LogP contribution in [0.15, 0.2) is 12.3 Å². The highest BCUT2D eigenvalue weighted by Gasteiger charge is 2.08. The van der Waals surface area contributed by atoms with Gasteiger partial charge in [-0.3, -0.25) is 4.79 Å². The van der Waals surface area contributed by atoms with E-state index in [0.29, 0.717) is 5.82 Å². The lowest BCUT2D eigenvalue weighted by Crippen LogP contribution is -2.32. The third-order valence-electron chi connectivity index (χ3n) is 1.47. The standard InChI is InChI=1S/C7H11N5O/c1-4(6(8)13)11-5-2-3-10-7(9)12-5/h2-4H,1H3,(H2,8,13)(H3,9,10,11,12). The molecular formula is C7H11N5O. The Morgan fingerprint density at radius 2 is 2.38 bits per heavy atom. The second-order valence-electron chi connectivity index (χ2n) is 2.57. The summed E-state index contributed by atoms with van der Waals surface area (Å²) >= 11 is 0. The fraction of sp³-hybridized carbons (Fsp3) is 0.286. The first kappa shape index (κ1) is 9.24. The quantitative estimate of drug-likeness (QED) is 0.574. The monoisotopic (exact) mass is 181 g/mol. The maximum absolute atomic E-state index is 10.7. The van der Waals surface area contributed by atoms with Crippen LogP contribution in [0.2, 0.25) is 0 Å². The highest BCUT2D eigenvalue weighted by molar-refractivity contribution is 5.82. The Morgan fingerprint density at radius 1 is 1.69 bits per heavy atom. The summed E-state index contributed by atoms with van der Waals surface area (Å²) in [6.07, 6.45) is 1.50. The largest absolute Gasteiger partial charge is 0.368 e. The molecule has 0 saturated heterocycles. The van der Waals surface area contributed by atoms with E-state index in [2.05, 4.69) is 15.3 Å². The molecule has 5 N–H and O–H groups in total. The maximum atomic E-state index is 10.7. The summed E-state index contributed by atoms with van der Waals surface area (Å²) in [6, 6.07) is 1.13. The van der Waals surface area contributed by atoms with E-state index in [1.54, 1.807) is 13.0 Å². The van der Waals surface area contributed by atoms with Gasteiger partial charge in [-0.1, -0.05) is 0 Å². The molecule has 0 bridgehead atoms. The summed E-state index contributed by atoms with van der Waals surface area (Å²) in [5, 5.41) is 2.78. The van der Waals surface area contributed by atoms with Crippen molar-refractivity contribution in [1.82, 2.24) is 9.97 Å². The molecule has 1 heterocycles. The third-order valence-corrected chi connectivity index (χ3v) is 1.47. The first-order valence-corrected chi connectivity index (χ1v) is 3.74. The van der Waals surface area contributed by atoms with E-state index >= 15 is 0 Å². The number of amides is 1. The number of hydrogen-bond acceptors (Lipinski definition) is 5. The summed E-state index contributed by atoms with van der Waals surface area (Å²) in [4.78, 5) is 18.2. The molecular weight excluding hydrogens is 170 g/mol. The fourth-order valence-electron chi connectivity index (χ4n) is 0.747. The van der Waals surface area contributed by atoms with Gasteiger partial charge in [0.05, 0.1) is 0 Å². The van der Waals surface area contributed by atoms with Crippen LogP contribution in [0, 0.1) is 0 Å². The normalized spacial score (nSPS) is 12.1.